The number of carbonyl (C=O) groups is 2. The molecule has 0 heterocycles. The van der Waals surface area contributed by atoms with Gasteiger partial charge in [-0.15, -0.1) is 0 Å². The van der Waals surface area contributed by atoms with E-state index in [2.05, 4.69) is 5.32 Å². The Morgan fingerprint density at radius 2 is 1.68 bits per heavy atom. The summed E-state index contributed by atoms with van der Waals surface area (Å²) in [5.74, 6) is -0.424. The highest BCUT2D eigenvalue weighted by molar-refractivity contribution is 5.82. The number of rotatable bonds is 6. The van der Waals surface area contributed by atoms with Gasteiger partial charge in [-0.2, -0.15) is 0 Å². The molecule has 1 amide bonds. The van der Waals surface area contributed by atoms with Crippen LogP contribution in [-0.4, -0.2) is 41.3 Å². The Kier molecular flexibility index (Phi) is 7.37. The molecule has 156 valence electrons. The fraction of sp³-hybridized carbons (Fsp3) is 0.579. The number of amides is 1. The lowest BCUT2D eigenvalue weighted by molar-refractivity contribution is -0.384. The maximum atomic E-state index is 12.6. The minimum Gasteiger partial charge on any atom is -0.496 e. The van der Waals surface area contributed by atoms with Crippen molar-refractivity contribution in [2.75, 3.05) is 7.11 Å². The molecule has 1 rings (SSSR count). The largest absolute Gasteiger partial charge is 0.496 e. The van der Waals surface area contributed by atoms with Gasteiger partial charge in [0.2, 0.25) is 0 Å². The summed E-state index contributed by atoms with van der Waals surface area (Å²) < 4.78 is 15.8. The number of ether oxygens (including phenoxy) is 3. The number of esters is 1. The molecular formula is C19H28N2O7. The summed E-state index contributed by atoms with van der Waals surface area (Å²) in [5.41, 5.74) is -1.15. The number of alkyl carbamates (subject to hydrolysis) is 1. The molecule has 0 fully saturated rings. The second kappa shape index (κ2) is 8.90. The molecule has 0 saturated heterocycles. The fourth-order valence-electron chi connectivity index (χ4n) is 2.25. The van der Waals surface area contributed by atoms with Gasteiger partial charge in [0.05, 0.1) is 18.1 Å². The smallest absolute Gasteiger partial charge is 0.408 e. The van der Waals surface area contributed by atoms with Crippen molar-refractivity contribution in [1.82, 2.24) is 5.32 Å². The second-order valence-electron chi connectivity index (χ2n) is 8.19. The average Bonchev–Trinajstić information content (AvgIpc) is 2.50. The molecule has 1 N–H and O–H groups in total. The summed E-state index contributed by atoms with van der Waals surface area (Å²) in [7, 11) is 1.37. The molecule has 0 bridgehead atoms. The number of methoxy groups -OCH3 is 1. The number of hydrogen-bond donors (Lipinski definition) is 1. The molecule has 0 radical (unpaired) electrons. The lowest BCUT2D eigenvalue weighted by Crippen LogP contribution is -2.47. The molecule has 9 heteroatoms. The van der Waals surface area contributed by atoms with Crippen LogP contribution in [0.3, 0.4) is 0 Å². The van der Waals surface area contributed by atoms with Crippen LogP contribution in [-0.2, 0) is 20.7 Å². The van der Waals surface area contributed by atoms with E-state index < -0.39 is 34.2 Å². The highest BCUT2D eigenvalue weighted by Crippen LogP contribution is 2.26. The Labute approximate surface area is 164 Å². The molecule has 0 saturated carbocycles. The van der Waals surface area contributed by atoms with Gasteiger partial charge >= 0.3 is 12.1 Å². The Bertz CT molecular complexity index is 733. The Balaban J connectivity index is 3.13. The topological polar surface area (TPSA) is 117 Å². The molecule has 9 nitrogen and oxygen atoms in total. The molecule has 1 aromatic rings. The van der Waals surface area contributed by atoms with Crippen molar-refractivity contribution in [1.29, 1.82) is 0 Å². The zero-order chi connectivity index (χ0) is 21.7. The standard InChI is InChI=1S/C19H28N2O7/c1-18(2,3)27-16(22)14(20-17(23)28-19(4,5)6)10-12-8-9-13(21(24)25)11-15(12)26-7/h8-9,11,14H,10H2,1-7H3,(H,20,23)/t14-/m0/s1. The van der Waals surface area contributed by atoms with Crippen molar-refractivity contribution >= 4 is 17.7 Å². The zero-order valence-electron chi connectivity index (χ0n) is 17.3. The minimum absolute atomic E-state index is 0.00925. The molecule has 0 aliphatic carbocycles. The number of nitro groups is 1. The molecule has 0 aliphatic heterocycles. The Morgan fingerprint density at radius 3 is 2.14 bits per heavy atom. The lowest BCUT2D eigenvalue weighted by atomic mass is 10.0. The van der Waals surface area contributed by atoms with Crippen LogP contribution in [0.15, 0.2) is 18.2 Å². The number of hydrogen-bond acceptors (Lipinski definition) is 7. The highest BCUT2D eigenvalue weighted by atomic mass is 16.6. The monoisotopic (exact) mass is 396 g/mol. The normalized spacial score (nSPS) is 12.7. The number of nitrogens with one attached hydrogen (secondary N) is 1. The number of carbonyl (C=O) groups excluding carboxylic acids is 2. The molecular weight excluding hydrogens is 368 g/mol. The summed E-state index contributed by atoms with van der Waals surface area (Å²) in [5, 5.41) is 13.5. The minimum atomic E-state index is -1.07. The highest BCUT2D eigenvalue weighted by Gasteiger charge is 2.30. The number of benzene rings is 1. The number of nitro benzene ring substituents is 1. The van der Waals surface area contributed by atoms with Crippen molar-refractivity contribution in [3.05, 3.63) is 33.9 Å². The molecule has 1 aromatic carbocycles. The molecule has 0 spiro atoms. The van der Waals surface area contributed by atoms with E-state index in [0.717, 1.165) is 0 Å². The van der Waals surface area contributed by atoms with Gasteiger partial charge in [-0.25, -0.2) is 9.59 Å². The number of nitrogens with zero attached hydrogens (tertiary/aromatic N) is 1. The zero-order valence-corrected chi connectivity index (χ0v) is 17.3. The van der Waals surface area contributed by atoms with Crippen LogP contribution < -0.4 is 10.1 Å². The van der Waals surface area contributed by atoms with Gasteiger partial charge < -0.3 is 19.5 Å². The Morgan fingerprint density at radius 1 is 1.11 bits per heavy atom. The molecule has 1 atom stereocenters. The molecule has 28 heavy (non-hydrogen) atoms. The van der Waals surface area contributed by atoms with Crippen molar-refractivity contribution in [3.63, 3.8) is 0 Å². The van der Waals surface area contributed by atoms with Crippen LogP contribution in [0.2, 0.25) is 0 Å². The summed E-state index contributed by atoms with van der Waals surface area (Å²) in [4.78, 5) is 35.2. The molecule has 0 aliphatic rings. The maximum Gasteiger partial charge on any atom is 0.408 e. The first kappa shape index (κ1) is 23.2. The van der Waals surface area contributed by atoms with Gasteiger partial charge in [0.1, 0.15) is 23.0 Å². The van der Waals surface area contributed by atoms with E-state index >= 15 is 0 Å². The van der Waals surface area contributed by atoms with Crippen LogP contribution in [0, 0.1) is 10.1 Å². The average molecular weight is 396 g/mol. The van der Waals surface area contributed by atoms with Crippen LogP contribution in [0.4, 0.5) is 10.5 Å². The lowest BCUT2D eigenvalue weighted by Gasteiger charge is -2.26. The third-order valence-electron chi connectivity index (χ3n) is 3.29. The van der Waals surface area contributed by atoms with Gasteiger partial charge in [0.25, 0.3) is 5.69 Å². The van der Waals surface area contributed by atoms with Gasteiger partial charge in [-0.1, -0.05) is 0 Å². The van der Waals surface area contributed by atoms with E-state index in [-0.39, 0.29) is 17.9 Å². The first-order chi connectivity index (χ1) is 12.7. The van der Waals surface area contributed by atoms with E-state index in [1.807, 2.05) is 0 Å². The predicted molar refractivity (Wildman–Crippen MR) is 102 cm³/mol. The maximum absolute atomic E-state index is 12.6. The summed E-state index contributed by atoms with van der Waals surface area (Å²) >= 11 is 0. The van der Waals surface area contributed by atoms with Crippen LogP contribution in [0.5, 0.6) is 5.75 Å². The predicted octanol–water partition coefficient (Wildman–Crippen LogP) is 3.38. The van der Waals surface area contributed by atoms with Crippen molar-refractivity contribution in [2.24, 2.45) is 0 Å². The van der Waals surface area contributed by atoms with Crippen molar-refractivity contribution < 1.29 is 28.7 Å². The SMILES string of the molecule is COc1cc([N+](=O)[O-])ccc1C[C@H](NC(=O)OC(C)(C)C)C(=O)OC(C)(C)C. The van der Waals surface area contributed by atoms with Crippen LogP contribution in [0.1, 0.15) is 47.1 Å². The first-order valence-electron chi connectivity index (χ1n) is 8.75. The summed E-state index contributed by atoms with van der Waals surface area (Å²) in [6.45, 7) is 10.2. The van der Waals surface area contributed by atoms with E-state index in [1.165, 1.54) is 25.3 Å². The van der Waals surface area contributed by atoms with E-state index in [4.69, 9.17) is 14.2 Å². The van der Waals surface area contributed by atoms with Gasteiger partial charge in [-0.3, -0.25) is 10.1 Å². The fourth-order valence-corrected chi connectivity index (χ4v) is 2.25. The van der Waals surface area contributed by atoms with E-state index in [0.29, 0.717) is 5.56 Å². The second-order valence-corrected chi connectivity index (χ2v) is 8.19. The first-order valence-corrected chi connectivity index (χ1v) is 8.75. The van der Waals surface area contributed by atoms with Crippen molar-refractivity contribution in [2.45, 2.75) is 65.2 Å². The number of non-ortho nitro benzene ring substituents is 1. The third-order valence-corrected chi connectivity index (χ3v) is 3.29. The molecule has 0 unspecified atom stereocenters. The third kappa shape index (κ3) is 7.81. The van der Waals surface area contributed by atoms with Gasteiger partial charge in [0.15, 0.2) is 0 Å². The summed E-state index contributed by atoms with van der Waals surface area (Å²) in [6, 6.07) is 2.97. The quantitative estimate of drug-likeness (QED) is 0.445. The van der Waals surface area contributed by atoms with Gasteiger partial charge in [-0.05, 0) is 53.2 Å². The van der Waals surface area contributed by atoms with Crippen LogP contribution >= 0.6 is 0 Å². The Hall–Kier alpha value is -2.84. The van der Waals surface area contributed by atoms with E-state index in [9.17, 15) is 19.7 Å². The van der Waals surface area contributed by atoms with Gasteiger partial charge in [0, 0.05) is 12.5 Å². The van der Waals surface area contributed by atoms with Crippen LogP contribution in [0.25, 0.3) is 0 Å². The van der Waals surface area contributed by atoms with E-state index in [1.54, 1.807) is 41.5 Å². The molecule has 0 aromatic heterocycles. The van der Waals surface area contributed by atoms with Crippen molar-refractivity contribution in [3.8, 4) is 5.75 Å². The summed E-state index contributed by atoms with van der Waals surface area (Å²) in [6.07, 6.45) is -0.765.